The van der Waals surface area contributed by atoms with Gasteiger partial charge in [0.1, 0.15) is 5.38 Å². The first-order valence-electron chi connectivity index (χ1n) is 5.43. The van der Waals surface area contributed by atoms with Gasteiger partial charge >= 0.3 is 0 Å². The third-order valence-corrected chi connectivity index (χ3v) is 8.39. The maximum absolute atomic E-state index is 6.57. The van der Waals surface area contributed by atoms with Crippen molar-refractivity contribution >= 4 is 73.6 Å². The third kappa shape index (κ3) is 2.65. The van der Waals surface area contributed by atoms with Gasteiger partial charge < -0.3 is 0 Å². The number of aryl methyl sites for hydroxylation is 1. The first kappa shape index (κ1) is 13.8. The Hall–Kier alpha value is 0.810. The Labute approximate surface area is 137 Å². The van der Waals surface area contributed by atoms with Crippen LogP contribution in [0.4, 0.5) is 0 Å². The molecule has 0 saturated carbocycles. The number of rotatable bonds is 2. The smallest absolute Gasteiger partial charge is 0.102 e. The summed E-state index contributed by atoms with van der Waals surface area (Å²) in [4.78, 5) is 3.87. The molecule has 3 heterocycles. The van der Waals surface area contributed by atoms with Crippen LogP contribution in [0.2, 0.25) is 5.02 Å². The summed E-state index contributed by atoms with van der Waals surface area (Å²) in [5, 5.41) is 0.678. The minimum absolute atomic E-state index is 0.0700. The molecule has 0 aliphatic carbocycles. The van der Waals surface area contributed by atoms with Gasteiger partial charge in [-0.3, -0.25) is 0 Å². The molecule has 0 aromatic carbocycles. The second-order valence-electron chi connectivity index (χ2n) is 4.03. The molecule has 6 heteroatoms. The Morgan fingerprint density at radius 3 is 2.67 bits per heavy atom. The second kappa shape index (κ2) is 5.66. The van der Waals surface area contributed by atoms with Crippen LogP contribution in [0.3, 0.4) is 0 Å². The van der Waals surface area contributed by atoms with Crippen molar-refractivity contribution in [3.63, 3.8) is 0 Å². The van der Waals surface area contributed by atoms with Gasteiger partial charge in [0.05, 0.1) is 8.81 Å². The predicted octanol–water partition coefficient (Wildman–Crippen LogP) is 6.34. The van der Waals surface area contributed by atoms with Crippen molar-refractivity contribution in [2.24, 2.45) is 0 Å². The zero-order valence-corrected chi connectivity index (χ0v) is 14.8. The number of fused-ring (bicyclic) bond motifs is 1. The lowest BCUT2D eigenvalue weighted by Crippen LogP contribution is -1.96. The minimum atomic E-state index is -0.0700. The molecule has 0 radical (unpaired) electrons. The Balaban J connectivity index is 1.92. The predicted molar refractivity (Wildman–Crippen MR) is 88.9 cm³/mol. The van der Waals surface area contributed by atoms with Crippen LogP contribution >= 0.6 is 73.6 Å². The molecule has 0 amide bonds. The average Bonchev–Trinajstić information content (AvgIpc) is 2.93. The van der Waals surface area contributed by atoms with E-state index in [0.29, 0.717) is 0 Å². The number of alkyl halides is 1. The number of hydrogen-bond donors (Lipinski definition) is 0. The van der Waals surface area contributed by atoms with E-state index in [1.807, 2.05) is 29.2 Å². The van der Waals surface area contributed by atoms with Crippen LogP contribution in [0.15, 0.2) is 15.9 Å². The SMILES string of the molecule is Clc1cc(C(Cl)c2cc3c(s2)CCSC3)sc1Br. The van der Waals surface area contributed by atoms with Crippen molar-refractivity contribution in [1.82, 2.24) is 0 Å². The van der Waals surface area contributed by atoms with Crippen molar-refractivity contribution in [3.8, 4) is 0 Å². The Morgan fingerprint density at radius 2 is 2.00 bits per heavy atom. The summed E-state index contributed by atoms with van der Waals surface area (Å²) in [5.74, 6) is 2.36. The first-order valence-corrected chi connectivity index (χ1v) is 9.82. The van der Waals surface area contributed by atoms with Crippen LogP contribution in [-0.2, 0) is 12.2 Å². The lowest BCUT2D eigenvalue weighted by Gasteiger charge is -2.08. The van der Waals surface area contributed by atoms with Gasteiger partial charge in [-0.05, 0) is 45.8 Å². The first-order chi connectivity index (χ1) is 8.65. The number of thiophene rings is 2. The van der Waals surface area contributed by atoms with Gasteiger partial charge in [-0.1, -0.05) is 11.6 Å². The molecule has 0 bridgehead atoms. The molecule has 2 aromatic heterocycles. The van der Waals surface area contributed by atoms with Gasteiger partial charge in [0.2, 0.25) is 0 Å². The summed E-state index contributed by atoms with van der Waals surface area (Å²) < 4.78 is 0.960. The van der Waals surface area contributed by atoms with E-state index < -0.39 is 0 Å². The van der Waals surface area contributed by atoms with Crippen molar-refractivity contribution < 1.29 is 0 Å². The Bertz CT molecular complexity index is 533. The highest BCUT2D eigenvalue weighted by Gasteiger charge is 2.21. The van der Waals surface area contributed by atoms with Crippen LogP contribution in [0.1, 0.15) is 25.6 Å². The van der Waals surface area contributed by atoms with Crippen LogP contribution in [0, 0.1) is 0 Å². The van der Waals surface area contributed by atoms with E-state index in [2.05, 4.69) is 22.0 Å². The van der Waals surface area contributed by atoms with E-state index in [9.17, 15) is 0 Å². The number of hydrogen-bond acceptors (Lipinski definition) is 3. The lowest BCUT2D eigenvalue weighted by molar-refractivity contribution is 1.13. The molecule has 0 saturated heterocycles. The molecule has 96 valence electrons. The molecular weight excluding hydrogens is 391 g/mol. The van der Waals surface area contributed by atoms with Crippen molar-refractivity contribution in [1.29, 1.82) is 0 Å². The monoisotopic (exact) mass is 398 g/mol. The average molecular weight is 400 g/mol. The molecule has 0 spiro atoms. The fraction of sp³-hybridized carbons (Fsp3) is 0.333. The van der Waals surface area contributed by atoms with Gasteiger partial charge in [-0.25, -0.2) is 0 Å². The summed E-state index contributed by atoms with van der Waals surface area (Å²) >= 11 is 21.6. The van der Waals surface area contributed by atoms with Crippen LogP contribution in [0.25, 0.3) is 0 Å². The highest BCUT2D eigenvalue weighted by Crippen LogP contribution is 2.44. The minimum Gasteiger partial charge on any atom is -0.157 e. The maximum Gasteiger partial charge on any atom is 0.102 e. The van der Waals surface area contributed by atoms with E-state index in [4.69, 9.17) is 23.2 Å². The standard InChI is InChI=1S/C12H9BrCl2S3/c13-12-7(14)4-10(18-12)11(15)9-3-6-5-16-2-1-8(6)17-9/h3-4,11H,1-2,5H2. The molecule has 1 aliphatic rings. The molecule has 3 rings (SSSR count). The summed E-state index contributed by atoms with van der Waals surface area (Å²) in [6, 6.07) is 4.23. The molecule has 0 N–H and O–H groups in total. The maximum atomic E-state index is 6.57. The largest absolute Gasteiger partial charge is 0.157 e. The lowest BCUT2D eigenvalue weighted by atomic mass is 10.2. The molecular formula is C12H9BrCl2S3. The Kier molecular flexibility index (Phi) is 4.33. The zero-order chi connectivity index (χ0) is 12.7. The highest BCUT2D eigenvalue weighted by molar-refractivity contribution is 9.11. The van der Waals surface area contributed by atoms with Gasteiger partial charge in [0.25, 0.3) is 0 Å². The van der Waals surface area contributed by atoms with Crippen LogP contribution < -0.4 is 0 Å². The topological polar surface area (TPSA) is 0 Å². The van der Waals surface area contributed by atoms with Crippen LogP contribution in [-0.4, -0.2) is 5.75 Å². The Morgan fingerprint density at radius 1 is 1.22 bits per heavy atom. The molecule has 0 fully saturated rings. The molecule has 1 atom stereocenters. The van der Waals surface area contributed by atoms with Gasteiger partial charge in [-0.15, -0.1) is 34.3 Å². The van der Waals surface area contributed by atoms with E-state index in [1.54, 1.807) is 11.3 Å². The summed E-state index contributed by atoms with van der Waals surface area (Å²) in [6.07, 6.45) is 1.18. The van der Waals surface area contributed by atoms with Crippen molar-refractivity contribution in [3.05, 3.63) is 41.1 Å². The van der Waals surface area contributed by atoms with E-state index in [-0.39, 0.29) is 5.38 Å². The summed E-state index contributed by atoms with van der Waals surface area (Å²) in [7, 11) is 0. The summed E-state index contributed by atoms with van der Waals surface area (Å²) in [6.45, 7) is 0. The van der Waals surface area contributed by atoms with Crippen LogP contribution in [0.5, 0.6) is 0 Å². The number of thioether (sulfide) groups is 1. The molecule has 0 nitrogen and oxygen atoms in total. The van der Waals surface area contributed by atoms with Gasteiger partial charge in [0.15, 0.2) is 0 Å². The normalized spacial score (nSPS) is 16.6. The zero-order valence-electron chi connectivity index (χ0n) is 9.21. The number of halogens is 3. The second-order valence-corrected chi connectivity index (χ2v) is 9.55. The van der Waals surface area contributed by atoms with Gasteiger partial charge in [0, 0.05) is 20.4 Å². The fourth-order valence-corrected chi connectivity index (χ4v) is 6.51. The van der Waals surface area contributed by atoms with E-state index in [1.165, 1.54) is 27.5 Å². The van der Waals surface area contributed by atoms with Crippen molar-refractivity contribution in [2.75, 3.05) is 5.75 Å². The highest BCUT2D eigenvalue weighted by atomic mass is 79.9. The molecule has 1 aliphatic heterocycles. The van der Waals surface area contributed by atoms with E-state index >= 15 is 0 Å². The summed E-state index contributed by atoms with van der Waals surface area (Å²) in [5.41, 5.74) is 1.47. The quantitative estimate of drug-likeness (QED) is 0.530. The van der Waals surface area contributed by atoms with Crippen molar-refractivity contribution in [2.45, 2.75) is 17.6 Å². The molecule has 1 unspecified atom stereocenters. The molecule has 2 aromatic rings. The molecule has 18 heavy (non-hydrogen) atoms. The van der Waals surface area contributed by atoms with E-state index in [0.717, 1.165) is 19.4 Å². The third-order valence-electron chi connectivity index (χ3n) is 2.81. The fourth-order valence-electron chi connectivity index (χ4n) is 1.92. The van der Waals surface area contributed by atoms with Gasteiger partial charge in [-0.2, -0.15) is 11.8 Å².